The lowest BCUT2D eigenvalue weighted by Crippen LogP contribution is -2.10. The van der Waals surface area contributed by atoms with Gasteiger partial charge in [-0.1, -0.05) is 30.3 Å². The zero-order valence-electron chi connectivity index (χ0n) is 12.1. The van der Waals surface area contributed by atoms with E-state index in [1.54, 1.807) is 7.11 Å². The SMILES string of the molecule is COC(C)c1nnc2n1CCC(c1ccccc1)CC2. The molecule has 4 heteroatoms. The number of hydrogen-bond donors (Lipinski definition) is 0. The van der Waals surface area contributed by atoms with Gasteiger partial charge in [0.1, 0.15) is 11.9 Å². The Labute approximate surface area is 119 Å². The van der Waals surface area contributed by atoms with Gasteiger partial charge in [0.15, 0.2) is 5.82 Å². The molecule has 4 nitrogen and oxygen atoms in total. The van der Waals surface area contributed by atoms with E-state index < -0.39 is 0 Å². The van der Waals surface area contributed by atoms with E-state index in [1.807, 2.05) is 6.92 Å². The van der Waals surface area contributed by atoms with Gasteiger partial charge in [0.05, 0.1) is 0 Å². The van der Waals surface area contributed by atoms with Crippen molar-refractivity contribution in [2.24, 2.45) is 0 Å². The second kappa shape index (κ2) is 5.75. The van der Waals surface area contributed by atoms with Gasteiger partial charge in [-0.05, 0) is 31.2 Å². The number of aryl methyl sites for hydroxylation is 1. The Bertz CT molecular complexity index is 564. The van der Waals surface area contributed by atoms with Crippen LogP contribution in [0.25, 0.3) is 0 Å². The van der Waals surface area contributed by atoms with Crippen molar-refractivity contribution < 1.29 is 4.74 Å². The van der Waals surface area contributed by atoms with Crippen LogP contribution in [0.2, 0.25) is 0 Å². The van der Waals surface area contributed by atoms with Crippen LogP contribution in [-0.4, -0.2) is 21.9 Å². The highest BCUT2D eigenvalue weighted by Crippen LogP contribution is 2.30. The summed E-state index contributed by atoms with van der Waals surface area (Å²) in [6.07, 6.45) is 3.27. The Morgan fingerprint density at radius 1 is 1.20 bits per heavy atom. The molecule has 1 aliphatic rings. The van der Waals surface area contributed by atoms with Crippen molar-refractivity contribution in [3.05, 3.63) is 47.5 Å². The summed E-state index contributed by atoms with van der Waals surface area (Å²) >= 11 is 0. The van der Waals surface area contributed by atoms with Crippen molar-refractivity contribution in [1.29, 1.82) is 0 Å². The second-order valence-electron chi connectivity index (χ2n) is 5.44. The number of rotatable bonds is 3. The van der Waals surface area contributed by atoms with Crippen molar-refractivity contribution in [1.82, 2.24) is 14.8 Å². The molecule has 0 amide bonds. The zero-order valence-corrected chi connectivity index (χ0v) is 12.1. The molecule has 1 aromatic carbocycles. The van der Waals surface area contributed by atoms with Gasteiger partial charge >= 0.3 is 0 Å². The van der Waals surface area contributed by atoms with E-state index in [9.17, 15) is 0 Å². The summed E-state index contributed by atoms with van der Waals surface area (Å²) in [6.45, 7) is 3.00. The first-order chi connectivity index (χ1) is 9.79. The third-order valence-corrected chi connectivity index (χ3v) is 4.26. The summed E-state index contributed by atoms with van der Waals surface area (Å²) in [5.74, 6) is 2.67. The molecule has 0 N–H and O–H groups in total. The number of methoxy groups -OCH3 is 1. The van der Waals surface area contributed by atoms with E-state index >= 15 is 0 Å². The smallest absolute Gasteiger partial charge is 0.161 e. The molecule has 0 fully saturated rings. The average Bonchev–Trinajstić information content (AvgIpc) is 2.79. The molecular weight excluding hydrogens is 250 g/mol. The van der Waals surface area contributed by atoms with Crippen LogP contribution in [0.4, 0.5) is 0 Å². The molecule has 0 saturated heterocycles. The highest BCUT2D eigenvalue weighted by atomic mass is 16.5. The van der Waals surface area contributed by atoms with Crippen LogP contribution in [0, 0.1) is 0 Å². The van der Waals surface area contributed by atoms with E-state index in [2.05, 4.69) is 45.1 Å². The number of ether oxygens (including phenoxy) is 1. The first kappa shape index (κ1) is 13.3. The topological polar surface area (TPSA) is 39.9 Å². The van der Waals surface area contributed by atoms with Crippen LogP contribution in [0.5, 0.6) is 0 Å². The number of fused-ring (bicyclic) bond motifs is 1. The summed E-state index contributed by atoms with van der Waals surface area (Å²) in [5, 5.41) is 8.64. The number of aromatic nitrogens is 3. The Balaban J connectivity index is 1.80. The Morgan fingerprint density at radius 3 is 2.75 bits per heavy atom. The lowest BCUT2D eigenvalue weighted by atomic mass is 9.92. The average molecular weight is 271 g/mol. The summed E-state index contributed by atoms with van der Waals surface area (Å²) in [6, 6.07) is 10.8. The number of hydrogen-bond acceptors (Lipinski definition) is 3. The fraction of sp³-hybridized carbons (Fsp3) is 0.500. The third kappa shape index (κ3) is 2.48. The molecule has 0 aliphatic carbocycles. The second-order valence-corrected chi connectivity index (χ2v) is 5.44. The molecule has 0 radical (unpaired) electrons. The predicted octanol–water partition coefficient (Wildman–Crippen LogP) is 3.11. The highest BCUT2D eigenvalue weighted by Gasteiger charge is 2.23. The van der Waals surface area contributed by atoms with Gasteiger partial charge in [-0.15, -0.1) is 10.2 Å². The maximum absolute atomic E-state index is 5.39. The Hall–Kier alpha value is -1.68. The van der Waals surface area contributed by atoms with Crippen LogP contribution in [-0.2, 0) is 17.7 Å². The van der Waals surface area contributed by atoms with Crippen molar-refractivity contribution in [3.8, 4) is 0 Å². The third-order valence-electron chi connectivity index (χ3n) is 4.26. The molecule has 2 heterocycles. The highest BCUT2D eigenvalue weighted by molar-refractivity contribution is 5.20. The molecule has 2 unspecified atom stereocenters. The van der Waals surface area contributed by atoms with Crippen LogP contribution in [0.1, 0.15) is 49.0 Å². The minimum Gasteiger partial charge on any atom is -0.374 e. The lowest BCUT2D eigenvalue weighted by molar-refractivity contribution is 0.108. The quantitative estimate of drug-likeness (QED) is 0.861. The monoisotopic (exact) mass is 271 g/mol. The minimum atomic E-state index is 0.00419. The van der Waals surface area contributed by atoms with E-state index in [0.29, 0.717) is 5.92 Å². The van der Waals surface area contributed by atoms with Crippen LogP contribution in [0.3, 0.4) is 0 Å². The van der Waals surface area contributed by atoms with E-state index in [0.717, 1.165) is 37.5 Å². The van der Waals surface area contributed by atoms with Crippen LogP contribution < -0.4 is 0 Å². The molecular formula is C16H21N3O. The van der Waals surface area contributed by atoms with Crippen LogP contribution in [0.15, 0.2) is 30.3 Å². The normalized spacial score (nSPS) is 20.2. The molecule has 0 spiro atoms. The Kier molecular flexibility index (Phi) is 3.83. The largest absolute Gasteiger partial charge is 0.374 e. The van der Waals surface area contributed by atoms with Crippen molar-refractivity contribution in [2.75, 3.05) is 7.11 Å². The van der Waals surface area contributed by atoms with E-state index in [1.165, 1.54) is 5.56 Å². The fourth-order valence-corrected chi connectivity index (χ4v) is 2.98. The zero-order chi connectivity index (χ0) is 13.9. The molecule has 1 aromatic heterocycles. The fourth-order valence-electron chi connectivity index (χ4n) is 2.98. The van der Waals surface area contributed by atoms with Crippen molar-refractivity contribution in [2.45, 2.75) is 44.8 Å². The first-order valence-corrected chi connectivity index (χ1v) is 7.29. The molecule has 106 valence electrons. The molecule has 20 heavy (non-hydrogen) atoms. The summed E-state index contributed by atoms with van der Waals surface area (Å²) in [7, 11) is 1.72. The maximum atomic E-state index is 5.39. The van der Waals surface area contributed by atoms with Gasteiger partial charge in [0.2, 0.25) is 0 Å². The molecule has 0 bridgehead atoms. The molecule has 0 saturated carbocycles. The van der Waals surface area contributed by atoms with Gasteiger partial charge in [-0.2, -0.15) is 0 Å². The van der Waals surface area contributed by atoms with Gasteiger partial charge in [-0.25, -0.2) is 0 Å². The molecule has 1 aliphatic heterocycles. The minimum absolute atomic E-state index is 0.00419. The maximum Gasteiger partial charge on any atom is 0.161 e. The van der Waals surface area contributed by atoms with Gasteiger partial charge < -0.3 is 9.30 Å². The first-order valence-electron chi connectivity index (χ1n) is 7.29. The van der Waals surface area contributed by atoms with Crippen molar-refractivity contribution >= 4 is 0 Å². The lowest BCUT2D eigenvalue weighted by Gasteiger charge is -2.15. The summed E-state index contributed by atoms with van der Waals surface area (Å²) in [4.78, 5) is 0. The van der Waals surface area contributed by atoms with E-state index in [-0.39, 0.29) is 6.10 Å². The standard InChI is InChI=1S/C16H21N3O/c1-12(20-2)16-18-17-15-9-8-14(10-11-19(15)16)13-6-4-3-5-7-13/h3-7,12,14H,8-11H2,1-2H3. The van der Waals surface area contributed by atoms with Crippen LogP contribution >= 0.6 is 0 Å². The van der Waals surface area contributed by atoms with Crippen molar-refractivity contribution in [3.63, 3.8) is 0 Å². The number of benzene rings is 1. The predicted molar refractivity (Wildman–Crippen MR) is 77.6 cm³/mol. The molecule has 2 atom stereocenters. The number of nitrogens with zero attached hydrogens (tertiary/aromatic N) is 3. The Morgan fingerprint density at radius 2 is 2.00 bits per heavy atom. The van der Waals surface area contributed by atoms with Gasteiger partial charge in [0.25, 0.3) is 0 Å². The van der Waals surface area contributed by atoms with E-state index in [4.69, 9.17) is 4.74 Å². The van der Waals surface area contributed by atoms with Gasteiger partial charge in [0, 0.05) is 20.1 Å². The molecule has 2 aromatic rings. The summed E-state index contributed by atoms with van der Waals surface area (Å²) < 4.78 is 7.64. The van der Waals surface area contributed by atoms with Gasteiger partial charge in [-0.3, -0.25) is 0 Å². The summed E-state index contributed by atoms with van der Waals surface area (Å²) in [5.41, 5.74) is 1.44. The molecule has 3 rings (SSSR count).